The van der Waals surface area contributed by atoms with Crippen LogP contribution in [-0.4, -0.2) is 40.9 Å². The van der Waals surface area contributed by atoms with Crippen molar-refractivity contribution in [3.05, 3.63) is 45.5 Å². The van der Waals surface area contributed by atoms with Gasteiger partial charge in [-0.15, -0.1) is 10.1 Å². The normalized spacial score (nSPS) is 17.3. The SMILES string of the molecule is COC(=O)C(N)(OC(=O)c1ccccc1CO[N+](=O)[O-])C1(CC(=O)O)CCCCC1. The van der Waals surface area contributed by atoms with Crippen LogP contribution < -0.4 is 5.73 Å². The summed E-state index contributed by atoms with van der Waals surface area (Å²) in [5.74, 6) is -3.30. The lowest BCUT2D eigenvalue weighted by Gasteiger charge is -2.46. The van der Waals surface area contributed by atoms with Crippen LogP contribution >= 0.6 is 0 Å². The highest BCUT2D eigenvalue weighted by atomic mass is 16.9. The fraction of sp³-hybridized carbons (Fsp3) is 0.526. The maximum atomic E-state index is 12.9. The van der Waals surface area contributed by atoms with Crippen LogP contribution in [0.5, 0.6) is 0 Å². The number of nitrogens with two attached hydrogens (primary N) is 1. The van der Waals surface area contributed by atoms with Gasteiger partial charge in [-0.05, 0) is 24.5 Å². The average molecular weight is 424 g/mol. The van der Waals surface area contributed by atoms with Crippen LogP contribution in [0.3, 0.4) is 0 Å². The van der Waals surface area contributed by atoms with Crippen LogP contribution in [0.1, 0.15) is 54.4 Å². The summed E-state index contributed by atoms with van der Waals surface area (Å²) in [6, 6.07) is 5.79. The summed E-state index contributed by atoms with van der Waals surface area (Å²) in [6.07, 6.45) is 2.06. The number of nitrogens with zero attached hydrogens (tertiary/aromatic N) is 1. The number of carbonyl (C=O) groups excluding carboxylic acids is 2. The van der Waals surface area contributed by atoms with E-state index in [1.165, 1.54) is 18.2 Å². The molecule has 1 aliphatic rings. The van der Waals surface area contributed by atoms with Crippen molar-refractivity contribution in [3.8, 4) is 0 Å². The molecule has 164 valence electrons. The number of esters is 2. The summed E-state index contributed by atoms with van der Waals surface area (Å²) < 4.78 is 10.2. The molecule has 0 radical (unpaired) electrons. The minimum atomic E-state index is -2.35. The van der Waals surface area contributed by atoms with Gasteiger partial charge in [-0.1, -0.05) is 37.5 Å². The van der Waals surface area contributed by atoms with Gasteiger partial charge in [0.25, 0.3) is 10.8 Å². The number of benzene rings is 1. The third-order valence-electron chi connectivity index (χ3n) is 5.39. The molecule has 11 heteroatoms. The van der Waals surface area contributed by atoms with Crippen molar-refractivity contribution in [2.45, 2.75) is 50.9 Å². The third-order valence-corrected chi connectivity index (χ3v) is 5.39. The fourth-order valence-corrected chi connectivity index (χ4v) is 3.88. The minimum Gasteiger partial charge on any atom is -0.481 e. The summed E-state index contributed by atoms with van der Waals surface area (Å²) in [6.45, 7) is -0.520. The molecule has 1 fully saturated rings. The minimum absolute atomic E-state index is 0.0978. The number of hydrogen-bond donors (Lipinski definition) is 2. The van der Waals surface area contributed by atoms with E-state index in [1.54, 1.807) is 6.07 Å². The molecule has 1 unspecified atom stereocenters. The molecule has 0 bridgehead atoms. The number of carboxylic acids is 1. The summed E-state index contributed by atoms with van der Waals surface area (Å²) in [7, 11) is 1.06. The number of carboxylic acid groups (broad SMARTS) is 1. The molecular formula is C19H24N2O9. The van der Waals surface area contributed by atoms with Gasteiger partial charge in [0, 0.05) is 5.41 Å². The monoisotopic (exact) mass is 424 g/mol. The summed E-state index contributed by atoms with van der Waals surface area (Å²) in [5.41, 5.74) is 2.64. The average Bonchev–Trinajstić information content (AvgIpc) is 2.71. The zero-order chi connectivity index (χ0) is 22.4. The molecule has 0 saturated heterocycles. The molecule has 0 aromatic heterocycles. The van der Waals surface area contributed by atoms with Gasteiger partial charge in [-0.3, -0.25) is 10.5 Å². The Morgan fingerprint density at radius 2 is 1.87 bits per heavy atom. The van der Waals surface area contributed by atoms with Gasteiger partial charge in [0.05, 0.1) is 19.1 Å². The van der Waals surface area contributed by atoms with E-state index in [0.29, 0.717) is 12.8 Å². The largest absolute Gasteiger partial charge is 0.481 e. The predicted octanol–water partition coefficient (Wildman–Crippen LogP) is 1.80. The molecule has 0 spiro atoms. The fourth-order valence-electron chi connectivity index (χ4n) is 3.88. The van der Waals surface area contributed by atoms with Crippen molar-refractivity contribution in [3.63, 3.8) is 0 Å². The molecule has 2 rings (SSSR count). The first-order valence-electron chi connectivity index (χ1n) is 9.33. The van der Waals surface area contributed by atoms with Gasteiger partial charge in [-0.2, -0.15) is 0 Å². The number of hydrogen-bond acceptors (Lipinski definition) is 9. The summed E-state index contributed by atoms with van der Waals surface area (Å²) in [4.78, 5) is 52.0. The van der Waals surface area contributed by atoms with Crippen molar-refractivity contribution >= 4 is 17.9 Å². The van der Waals surface area contributed by atoms with Gasteiger partial charge in [-0.25, -0.2) is 9.59 Å². The van der Waals surface area contributed by atoms with Crippen molar-refractivity contribution in [1.82, 2.24) is 0 Å². The molecule has 1 aromatic rings. The van der Waals surface area contributed by atoms with E-state index in [-0.39, 0.29) is 24.0 Å². The highest BCUT2D eigenvalue weighted by molar-refractivity contribution is 5.94. The molecule has 1 saturated carbocycles. The van der Waals surface area contributed by atoms with Gasteiger partial charge < -0.3 is 19.4 Å². The van der Waals surface area contributed by atoms with Crippen molar-refractivity contribution in [2.24, 2.45) is 11.1 Å². The van der Waals surface area contributed by atoms with E-state index in [0.717, 1.165) is 13.5 Å². The maximum Gasteiger partial charge on any atom is 0.366 e. The molecule has 11 nitrogen and oxygen atoms in total. The molecule has 1 atom stereocenters. The van der Waals surface area contributed by atoms with E-state index >= 15 is 0 Å². The van der Waals surface area contributed by atoms with Gasteiger partial charge in [0.15, 0.2) is 0 Å². The Morgan fingerprint density at radius 1 is 1.23 bits per heavy atom. The molecule has 3 N–H and O–H groups in total. The molecule has 0 amide bonds. The standard InChI is InChI=1S/C19H24N2O9/c1-28-17(25)19(20,18(11-15(22)23)9-5-2-6-10-18)30-16(24)14-8-4-3-7-13(14)12-29-21(26)27/h3-4,7-8H,2,5-6,9-12,20H2,1H3,(H,22,23). The first-order valence-corrected chi connectivity index (χ1v) is 9.33. The molecular weight excluding hydrogens is 400 g/mol. The van der Waals surface area contributed by atoms with E-state index in [1.807, 2.05) is 0 Å². The van der Waals surface area contributed by atoms with Crippen LogP contribution in [0.25, 0.3) is 0 Å². The Kier molecular flexibility index (Phi) is 7.33. The van der Waals surface area contributed by atoms with E-state index in [2.05, 4.69) is 4.84 Å². The second-order valence-electron chi connectivity index (χ2n) is 7.18. The Bertz CT molecular complexity index is 820. The topological polar surface area (TPSA) is 168 Å². The third kappa shape index (κ3) is 4.85. The highest BCUT2D eigenvalue weighted by Gasteiger charge is 2.59. The van der Waals surface area contributed by atoms with Gasteiger partial charge in [0.1, 0.15) is 6.61 Å². The van der Waals surface area contributed by atoms with Crippen LogP contribution in [0.4, 0.5) is 0 Å². The molecule has 1 aromatic carbocycles. The van der Waals surface area contributed by atoms with Crippen molar-refractivity contribution in [2.75, 3.05) is 7.11 Å². The lowest BCUT2D eigenvalue weighted by Crippen LogP contribution is -2.65. The van der Waals surface area contributed by atoms with Crippen LogP contribution in [0.2, 0.25) is 0 Å². The number of ether oxygens (including phenoxy) is 2. The highest BCUT2D eigenvalue weighted by Crippen LogP contribution is 2.48. The van der Waals surface area contributed by atoms with E-state index < -0.39 is 47.2 Å². The number of carbonyl (C=O) groups is 3. The molecule has 0 aliphatic heterocycles. The zero-order valence-electron chi connectivity index (χ0n) is 16.5. The van der Waals surface area contributed by atoms with Crippen LogP contribution in [0.15, 0.2) is 24.3 Å². The van der Waals surface area contributed by atoms with Crippen molar-refractivity contribution < 1.29 is 38.9 Å². The Balaban J connectivity index is 2.43. The van der Waals surface area contributed by atoms with Crippen LogP contribution in [0, 0.1) is 15.5 Å². The smallest absolute Gasteiger partial charge is 0.366 e. The second kappa shape index (κ2) is 9.53. The van der Waals surface area contributed by atoms with E-state index in [9.17, 15) is 29.6 Å². The summed E-state index contributed by atoms with van der Waals surface area (Å²) >= 11 is 0. The Hall–Kier alpha value is -3.21. The summed E-state index contributed by atoms with van der Waals surface area (Å²) in [5, 5.41) is 18.9. The first-order chi connectivity index (χ1) is 14.1. The number of methoxy groups -OCH3 is 1. The number of rotatable bonds is 9. The maximum absolute atomic E-state index is 12.9. The lowest BCUT2D eigenvalue weighted by molar-refractivity contribution is -0.763. The lowest BCUT2D eigenvalue weighted by atomic mass is 9.65. The van der Waals surface area contributed by atoms with Crippen molar-refractivity contribution in [1.29, 1.82) is 0 Å². The first kappa shape index (κ1) is 23.1. The zero-order valence-corrected chi connectivity index (χ0v) is 16.5. The van der Waals surface area contributed by atoms with E-state index in [4.69, 9.17) is 15.2 Å². The molecule has 1 aliphatic carbocycles. The molecule has 30 heavy (non-hydrogen) atoms. The molecule has 0 heterocycles. The quantitative estimate of drug-likeness (QED) is 0.258. The number of aliphatic carboxylic acids is 1. The predicted molar refractivity (Wildman–Crippen MR) is 100 cm³/mol. The van der Waals surface area contributed by atoms with Gasteiger partial charge in [0.2, 0.25) is 0 Å². The van der Waals surface area contributed by atoms with Gasteiger partial charge >= 0.3 is 17.9 Å². The Labute approximate surface area is 172 Å². The van der Waals surface area contributed by atoms with Crippen LogP contribution in [-0.2, 0) is 30.5 Å². The second-order valence-corrected chi connectivity index (χ2v) is 7.18. The Morgan fingerprint density at radius 3 is 2.43 bits per heavy atom.